The number of piperidine rings is 1. The summed E-state index contributed by atoms with van der Waals surface area (Å²) in [6.07, 6.45) is 3.59. The van der Waals surface area contributed by atoms with Crippen LogP contribution in [0.5, 0.6) is 0 Å². The van der Waals surface area contributed by atoms with Gasteiger partial charge in [0, 0.05) is 54.5 Å². The highest BCUT2D eigenvalue weighted by atomic mass is 35.5. The molecule has 28 heavy (non-hydrogen) atoms. The Morgan fingerprint density at radius 1 is 1.07 bits per heavy atom. The molecule has 2 amide bonds. The Morgan fingerprint density at radius 2 is 1.71 bits per heavy atom. The maximum absolute atomic E-state index is 13.2. The zero-order valence-corrected chi connectivity index (χ0v) is 17.5. The zero-order valence-electron chi connectivity index (χ0n) is 16.8. The summed E-state index contributed by atoms with van der Waals surface area (Å²) in [5.41, 5.74) is 1.11. The predicted molar refractivity (Wildman–Crippen MR) is 110 cm³/mol. The molecule has 3 fully saturated rings. The van der Waals surface area contributed by atoms with Gasteiger partial charge in [-0.25, -0.2) is 0 Å². The molecule has 2 atom stereocenters. The molecule has 1 aliphatic carbocycles. The molecule has 5 nitrogen and oxygen atoms in total. The molecule has 0 unspecified atom stereocenters. The van der Waals surface area contributed by atoms with Crippen LogP contribution < -0.4 is 5.32 Å². The Bertz CT molecular complexity index is 739. The number of rotatable bonds is 4. The predicted octanol–water partition coefficient (Wildman–Crippen LogP) is 2.89. The van der Waals surface area contributed by atoms with Gasteiger partial charge in [-0.1, -0.05) is 30.7 Å². The van der Waals surface area contributed by atoms with Gasteiger partial charge >= 0.3 is 0 Å². The van der Waals surface area contributed by atoms with E-state index in [4.69, 9.17) is 11.6 Å². The number of amides is 2. The number of hydrogen-bond acceptors (Lipinski definition) is 3. The van der Waals surface area contributed by atoms with Crippen LogP contribution in [-0.4, -0.2) is 60.9 Å². The topological polar surface area (TPSA) is 52.7 Å². The van der Waals surface area contributed by atoms with E-state index in [9.17, 15) is 9.59 Å². The van der Waals surface area contributed by atoms with Crippen molar-refractivity contribution in [1.82, 2.24) is 15.1 Å². The Balaban J connectivity index is 1.36. The van der Waals surface area contributed by atoms with Crippen LogP contribution in [0.4, 0.5) is 0 Å². The van der Waals surface area contributed by atoms with Crippen molar-refractivity contribution in [2.45, 2.75) is 44.6 Å². The average Bonchev–Trinajstić information content (AvgIpc) is 3.32. The van der Waals surface area contributed by atoms with E-state index in [2.05, 4.69) is 24.4 Å². The molecule has 4 rings (SSSR count). The molecule has 3 aliphatic rings. The third-order valence-electron chi connectivity index (χ3n) is 6.95. The zero-order chi connectivity index (χ0) is 19.9. The van der Waals surface area contributed by atoms with E-state index in [0.717, 1.165) is 56.9 Å². The van der Waals surface area contributed by atoms with Crippen LogP contribution in [0.2, 0.25) is 5.02 Å². The van der Waals surface area contributed by atoms with Crippen LogP contribution >= 0.6 is 11.6 Å². The lowest BCUT2D eigenvalue weighted by Gasteiger charge is -2.34. The Labute approximate surface area is 172 Å². The van der Waals surface area contributed by atoms with Gasteiger partial charge in [0.05, 0.1) is 0 Å². The number of carbonyl (C=O) groups is 2. The van der Waals surface area contributed by atoms with E-state index in [1.807, 2.05) is 29.0 Å². The molecule has 0 radical (unpaired) electrons. The van der Waals surface area contributed by atoms with E-state index in [1.54, 1.807) is 0 Å². The minimum absolute atomic E-state index is 0.0394. The fraction of sp³-hybridized carbons (Fsp3) is 0.636. The summed E-state index contributed by atoms with van der Waals surface area (Å²) >= 11 is 6.03. The lowest BCUT2D eigenvalue weighted by molar-refractivity contribution is -0.142. The summed E-state index contributed by atoms with van der Waals surface area (Å²) in [5.74, 6) is 0.860. The molecule has 0 bridgehead atoms. The lowest BCUT2D eigenvalue weighted by Crippen LogP contribution is -2.46. The van der Waals surface area contributed by atoms with Gasteiger partial charge in [0.2, 0.25) is 11.8 Å². The first kappa shape index (κ1) is 19.7. The number of benzene rings is 1. The van der Waals surface area contributed by atoms with Crippen molar-refractivity contribution in [3.8, 4) is 0 Å². The molecule has 6 heteroatoms. The lowest BCUT2D eigenvalue weighted by atomic mass is 9.93. The molecule has 2 saturated heterocycles. The van der Waals surface area contributed by atoms with Crippen molar-refractivity contribution in [1.29, 1.82) is 0 Å². The molecule has 152 valence electrons. The van der Waals surface area contributed by atoms with E-state index in [-0.39, 0.29) is 35.1 Å². The third kappa shape index (κ3) is 3.79. The maximum Gasteiger partial charge on any atom is 0.228 e. The Morgan fingerprint density at radius 3 is 2.29 bits per heavy atom. The van der Waals surface area contributed by atoms with Crippen molar-refractivity contribution in [2.24, 2.45) is 11.3 Å². The number of likely N-dealkylation sites (tertiary alicyclic amines) is 2. The van der Waals surface area contributed by atoms with Gasteiger partial charge in [0.25, 0.3) is 0 Å². The van der Waals surface area contributed by atoms with Crippen LogP contribution in [0.25, 0.3) is 0 Å². The van der Waals surface area contributed by atoms with Crippen LogP contribution in [-0.2, 0) is 9.59 Å². The Kier molecular flexibility index (Phi) is 5.41. The quantitative estimate of drug-likeness (QED) is 0.841. The van der Waals surface area contributed by atoms with E-state index in [1.165, 1.54) is 5.56 Å². The largest absolute Gasteiger partial charge is 0.342 e. The van der Waals surface area contributed by atoms with Gasteiger partial charge in [-0.2, -0.15) is 0 Å². The average molecular weight is 404 g/mol. The molecule has 2 heterocycles. The number of halogens is 1. The summed E-state index contributed by atoms with van der Waals surface area (Å²) in [6, 6.07) is 8.21. The number of hydrogen-bond donors (Lipinski definition) is 1. The van der Waals surface area contributed by atoms with Gasteiger partial charge in [-0.05, 0) is 50.4 Å². The van der Waals surface area contributed by atoms with Crippen LogP contribution in [0.15, 0.2) is 24.3 Å². The molecular weight excluding hydrogens is 374 g/mol. The minimum atomic E-state index is -0.113. The second kappa shape index (κ2) is 7.68. The second-order valence-corrected chi connectivity index (χ2v) is 9.36. The summed E-state index contributed by atoms with van der Waals surface area (Å²) in [5, 5.41) is 4.11. The first-order chi connectivity index (χ1) is 13.4. The van der Waals surface area contributed by atoms with Crippen molar-refractivity contribution >= 4 is 23.4 Å². The number of nitrogens with zero attached hydrogens (tertiary/aromatic N) is 2. The van der Waals surface area contributed by atoms with Gasteiger partial charge in [-0.3, -0.25) is 9.59 Å². The fourth-order valence-corrected chi connectivity index (χ4v) is 4.82. The summed E-state index contributed by atoms with van der Waals surface area (Å²) in [6.45, 7) is 4.97. The van der Waals surface area contributed by atoms with Gasteiger partial charge in [0.1, 0.15) is 0 Å². The smallest absolute Gasteiger partial charge is 0.228 e. The standard InChI is InChI=1S/C22H30ClN3O2/c1-22(9-10-22)21(28)25-11-7-16(8-12-25)20(27)26-13-18(19(14-26)24-2)15-3-5-17(23)6-4-15/h3-6,16,18-19,24H,7-14H2,1-2H3/t18-,19+/m0/s1. The molecule has 1 saturated carbocycles. The highest BCUT2D eigenvalue weighted by Crippen LogP contribution is 2.47. The summed E-state index contributed by atoms with van der Waals surface area (Å²) < 4.78 is 0. The maximum atomic E-state index is 13.2. The van der Waals surface area contributed by atoms with Crippen LogP contribution in [0.1, 0.15) is 44.1 Å². The van der Waals surface area contributed by atoms with E-state index < -0.39 is 0 Å². The van der Waals surface area contributed by atoms with Gasteiger partial charge < -0.3 is 15.1 Å². The highest BCUT2D eigenvalue weighted by molar-refractivity contribution is 6.30. The van der Waals surface area contributed by atoms with Crippen molar-refractivity contribution in [3.63, 3.8) is 0 Å². The number of likely N-dealkylation sites (N-methyl/N-ethyl adjacent to an activating group) is 1. The molecule has 1 aromatic carbocycles. The molecule has 0 spiro atoms. The number of carbonyl (C=O) groups excluding carboxylic acids is 2. The molecule has 1 N–H and O–H groups in total. The first-order valence-corrected chi connectivity index (χ1v) is 10.8. The molecule has 0 aromatic heterocycles. The minimum Gasteiger partial charge on any atom is -0.342 e. The molecular formula is C22H30ClN3O2. The first-order valence-electron chi connectivity index (χ1n) is 10.4. The monoisotopic (exact) mass is 403 g/mol. The SMILES string of the molecule is CN[C@@H]1CN(C(=O)C2CCN(C(=O)C3(C)CC3)CC2)C[C@H]1c1ccc(Cl)cc1. The fourth-order valence-electron chi connectivity index (χ4n) is 4.69. The van der Waals surface area contributed by atoms with Gasteiger partial charge in [-0.15, -0.1) is 0 Å². The van der Waals surface area contributed by atoms with E-state index in [0.29, 0.717) is 0 Å². The van der Waals surface area contributed by atoms with Crippen molar-refractivity contribution < 1.29 is 9.59 Å². The second-order valence-electron chi connectivity index (χ2n) is 8.92. The molecule has 2 aliphatic heterocycles. The third-order valence-corrected chi connectivity index (χ3v) is 7.20. The van der Waals surface area contributed by atoms with Gasteiger partial charge in [0.15, 0.2) is 0 Å². The van der Waals surface area contributed by atoms with Crippen molar-refractivity contribution in [2.75, 3.05) is 33.2 Å². The van der Waals surface area contributed by atoms with Crippen molar-refractivity contribution in [3.05, 3.63) is 34.9 Å². The van der Waals surface area contributed by atoms with Crippen LogP contribution in [0, 0.1) is 11.3 Å². The highest BCUT2D eigenvalue weighted by Gasteiger charge is 2.48. The van der Waals surface area contributed by atoms with Crippen LogP contribution in [0.3, 0.4) is 0 Å². The normalized spacial score (nSPS) is 27.1. The number of nitrogens with one attached hydrogen (secondary N) is 1. The summed E-state index contributed by atoms with van der Waals surface area (Å²) in [7, 11) is 1.96. The Hall–Kier alpha value is -1.59. The molecule has 1 aromatic rings. The van der Waals surface area contributed by atoms with E-state index >= 15 is 0 Å². The summed E-state index contributed by atoms with van der Waals surface area (Å²) in [4.78, 5) is 29.7.